The first-order valence-corrected chi connectivity index (χ1v) is 5.82. The third-order valence-corrected chi connectivity index (χ3v) is 3.36. The van der Waals surface area contributed by atoms with Crippen LogP contribution in [0.2, 0.25) is 0 Å². The lowest BCUT2D eigenvalue weighted by molar-refractivity contribution is 0.103. The van der Waals surface area contributed by atoms with Crippen LogP contribution >= 0.6 is 0 Å². The van der Waals surface area contributed by atoms with Crippen molar-refractivity contribution >= 4 is 17.0 Å². The van der Waals surface area contributed by atoms with E-state index in [-0.39, 0.29) is 5.78 Å². The molecule has 2 heteroatoms. The Kier molecular flexibility index (Phi) is 2.14. The first-order valence-electron chi connectivity index (χ1n) is 5.82. The summed E-state index contributed by atoms with van der Waals surface area (Å²) in [7, 11) is 0. The average molecular weight is 235 g/mol. The molecular weight excluding hydrogens is 222 g/mol. The van der Waals surface area contributed by atoms with Crippen molar-refractivity contribution < 1.29 is 4.79 Å². The van der Waals surface area contributed by atoms with Crippen molar-refractivity contribution in [1.29, 1.82) is 0 Å². The summed E-state index contributed by atoms with van der Waals surface area (Å²) in [4.78, 5) is 12.4. The Labute approximate surface area is 106 Å². The molecule has 0 bridgehead atoms. The monoisotopic (exact) mass is 235 g/mol. The molecular formula is C16H13NO. The summed E-state index contributed by atoms with van der Waals surface area (Å²) in [6.45, 7) is 6.11. The van der Waals surface area contributed by atoms with Crippen LogP contribution in [0.1, 0.15) is 32.6 Å². The van der Waals surface area contributed by atoms with Crippen molar-refractivity contribution in [1.82, 2.24) is 0 Å². The van der Waals surface area contributed by atoms with E-state index in [1.165, 1.54) is 0 Å². The number of hydrogen-bond acceptors (Lipinski definition) is 2. The van der Waals surface area contributed by atoms with Gasteiger partial charge in [-0.1, -0.05) is 30.3 Å². The zero-order valence-electron chi connectivity index (χ0n) is 10.2. The van der Waals surface area contributed by atoms with Gasteiger partial charge in [-0.15, -0.1) is 0 Å². The molecule has 0 spiro atoms. The summed E-state index contributed by atoms with van der Waals surface area (Å²) in [5, 5.41) is 0. The molecule has 18 heavy (non-hydrogen) atoms. The van der Waals surface area contributed by atoms with Crippen molar-refractivity contribution in [3.05, 3.63) is 70.8 Å². The second kappa shape index (κ2) is 3.57. The van der Waals surface area contributed by atoms with E-state index in [4.69, 9.17) is 5.73 Å². The van der Waals surface area contributed by atoms with Crippen LogP contribution in [0.25, 0.3) is 5.57 Å². The number of aryl methyl sites for hydroxylation is 1. The number of fused-ring (bicyclic) bond motifs is 2. The van der Waals surface area contributed by atoms with Gasteiger partial charge in [0.2, 0.25) is 0 Å². The molecule has 0 amide bonds. The highest BCUT2D eigenvalue weighted by Gasteiger charge is 2.25. The van der Waals surface area contributed by atoms with Crippen molar-refractivity contribution in [3.63, 3.8) is 0 Å². The molecule has 0 saturated heterocycles. The van der Waals surface area contributed by atoms with Crippen LogP contribution in [0.15, 0.2) is 43.0 Å². The van der Waals surface area contributed by atoms with Gasteiger partial charge in [-0.25, -0.2) is 0 Å². The highest BCUT2D eigenvalue weighted by molar-refractivity contribution is 6.18. The molecule has 0 aliphatic heterocycles. The summed E-state index contributed by atoms with van der Waals surface area (Å²) < 4.78 is 0. The minimum Gasteiger partial charge on any atom is -0.399 e. The minimum absolute atomic E-state index is 0.0485. The number of benzene rings is 2. The predicted octanol–water partition coefficient (Wildman–Crippen LogP) is 3.18. The Hall–Kier alpha value is -2.35. The molecule has 0 aromatic heterocycles. The van der Waals surface area contributed by atoms with Gasteiger partial charge in [0.25, 0.3) is 0 Å². The summed E-state index contributed by atoms with van der Waals surface area (Å²) in [6, 6.07) is 11.2. The zero-order valence-corrected chi connectivity index (χ0v) is 10.2. The molecule has 88 valence electrons. The van der Waals surface area contributed by atoms with Gasteiger partial charge in [0.15, 0.2) is 5.78 Å². The van der Waals surface area contributed by atoms with Gasteiger partial charge in [0, 0.05) is 16.8 Å². The fourth-order valence-corrected chi connectivity index (χ4v) is 2.41. The standard InChI is InChI=1S/C16H13NO/c1-9-3-5-12-14(7-9)10(2)15-8-11(17)4-6-13(15)16(12)18/h3-8H,2,17H2,1H3. The van der Waals surface area contributed by atoms with Crippen LogP contribution in [-0.2, 0) is 0 Å². The van der Waals surface area contributed by atoms with Crippen LogP contribution < -0.4 is 5.73 Å². The number of carbonyl (C=O) groups excluding carboxylic acids is 1. The van der Waals surface area contributed by atoms with Gasteiger partial charge in [-0.05, 0) is 41.8 Å². The fraction of sp³-hybridized carbons (Fsp3) is 0.0625. The number of anilines is 1. The summed E-state index contributed by atoms with van der Waals surface area (Å²) in [5.41, 5.74) is 11.6. The maximum absolute atomic E-state index is 12.4. The number of carbonyl (C=O) groups is 1. The number of hydrogen-bond donors (Lipinski definition) is 1. The van der Waals surface area contributed by atoms with Gasteiger partial charge in [-0.3, -0.25) is 4.79 Å². The van der Waals surface area contributed by atoms with E-state index in [2.05, 4.69) is 6.58 Å². The van der Waals surface area contributed by atoms with Crippen LogP contribution in [0.4, 0.5) is 5.69 Å². The lowest BCUT2D eigenvalue weighted by atomic mass is 9.81. The molecule has 3 rings (SSSR count). The van der Waals surface area contributed by atoms with Crippen LogP contribution in [0.5, 0.6) is 0 Å². The number of nitrogens with two attached hydrogens (primary N) is 1. The molecule has 0 fully saturated rings. The molecule has 2 N–H and O–H groups in total. The van der Waals surface area contributed by atoms with Crippen molar-refractivity contribution in [2.45, 2.75) is 6.92 Å². The highest BCUT2D eigenvalue weighted by Crippen LogP contribution is 2.35. The van der Waals surface area contributed by atoms with E-state index in [0.717, 1.165) is 27.8 Å². The Balaban J connectivity index is 2.32. The van der Waals surface area contributed by atoms with E-state index in [1.54, 1.807) is 12.1 Å². The maximum atomic E-state index is 12.4. The van der Waals surface area contributed by atoms with Crippen LogP contribution in [0.3, 0.4) is 0 Å². The van der Waals surface area contributed by atoms with Crippen molar-refractivity contribution in [3.8, 4) is 0 Å². The first kappa shape index (κ1) is 10.8. The minimum atomic E-state index is 0.0485. The molecule has 1 aliphatic carbocycles. The SMILES string of the molecule is C=C1c2cc(C)ccc2C(=O)c2ccc(N)cc21. The summed E-state index contributed by atoms with van der Waals surface area (Å²) >= 11 is 0. The van der Waals surface area contributed by atoms with E-state index >= 15 is 0 Å². The second-order valence-electron chi connectivity index (χ2n) is 4.66. The topological polar surface area (TPSA) is 43.1 Å². The molecule has 2 aromatic carbocycles. The third kappa shape index (κ3) is 1.39. The molecule has 0 heterocycles. The smallest absolute Gasteiger partial charge is 0.194 e. The average Bonchev–Trinajstić information content (AvgIpc) is 2.35. The molecule has 0 radical (unpaired) electrons. The predicted molar refractivity (Wildman–Crippen MR) is 73.6 cm³/mol. The third-order valence-electron chi connectivity index (χ3n) is 3.36. The van der Waals surface area contributed by atoms with E-state index in [0.29, 0.717) is 11.3 Å². The van der Waals surface area contributed by atoms with Gasteiger partial charge in [-0.2, -0.15) is 0 Å². The van der Waals surface area contributed by atoms with Gasteiger partial charge in [0.05, 0.1) is 0 Å². The largest absolute Gasteiger partial charge is 0.399 e. The molecule has 1 aliphatic rings. The van der Waals surface area contributed by atoms with Gasteiger partial charge >= 0.3 is 0 Å². The molecule has 2 aromatic rings. The zero-order chi connectivity index (χ0) is 12.9. The Morgan fingerprint density at radius 2 is 1.56 bits per heavy atom. The number of ketones is 1. The van der Waals surface area contributed by atoms with Gasteiger partial charge in [0.1, 0.15) is 0 Å². The van der Waals surface area contributed by atoms with Gasteiger partial charge < -0.3 is 5.73 Å². The Morgan fingerprint density at radius 3 is 2.28 bits per heavy atom. The summed E-state index contributed by atoms with van der Waals surface area (Å²) in [6.07, 6.45) is 0. The molecule has 0 atom stereocenters. The lowest BCUT2D eigenvalue weighted by Crippen LogP contribution is -2.14. The van der Waals surface area contributed by atoms with Crippen molar-refractivity contribution in [2.24, 2.45) is 0 Å². The van der Waals surface area contributed by atoms with Crippen LogP contribution in [0, 0.1) is 6.92 Å². The van der Waals surface area contributed by atoms with E-state index in [9.17, 15) is 4.79 Å². The maximum Gasteiger partial charge on any atom is 0.194 e. The quantitative estimate of drug-likeness (QED) is 0.608. The second-order valence-corrected chi connectivity index (χ2v) is 4.66. The number of nitrogen functional groups attached to an aromatic ring is 1. The first-order chi connectivity index (χ1) is 8.58. The lowest BCUT2D eigenvalue weighted by Gasteiger charge is -2.21. The van der Waals surface area contributed by atoms with Crippen LogP contribution in [-0.4, -0.2) is 5.78 Å². The molecule has 0 unspecified atom stereocenters. The van der Waals surface area contributed by atoms with E-state index < -0.39 is 0 Å². The Morgan fingerprint density at radius 1 is 0.944 bits per heavy atom. The normalized spacial score (nSPS) is 13.2. The van der Waals surface area contributed by atoms with Crippen molar-refractivity contribution in [2.75, 3.05) is 5.73 Å². The Bertz CT molecular complexity index is 641. The highest BCUT2D eigenvalue weighted by atomic mass is 16.1. The summed E-state index contributed by atoms with van der Waals surface area (Å²) in [5.74, 6) is 0.0485. The fourth-order valence-electron chi connectivity index (χ4n) is 2.41. The molecule has 0 saturated carbocycles. The number of rotatable bonds is 0. The molecule has 2 nitrogen and oxygen atoms in total. The van der Waals surface area contributed by atoms with E-state index in [1.807, 2.05) is 31.2 Å².